The van der Waals surface area contributed by atoms with E-state index >= 15 is 0 Å². The number of aromatic nitrogens is 2. The average molecular weight is 228 g/mol. The standard InChI is InChI=1S/C13H16N4/c1-14-12-6-4-7-13(17-12)16-10-8-11-5-2-3-9-15-11/h2-7,9H,8,10H2,1H3,(H2,14,16,17). The molecular formula is C13H16N4. The van der Waals surface area contributed by atoms with Gasteiger partial charge in [0.25, 0.3) is 0 Å². The Bertz CT molecular complexity index is 456. The van der Waals surface area contributed by atoms with Gasteiger partial charge in [-0.1, -0.05) is 12.1 Å². The molecule has 0 amide bonds. The highest BCUT2D eigenvalue weighted by atomic mass is 15.0. The first-order valence-corrected chi connectivity index (χ1v) is 5.67. The number of anilines is 2. The van der Waals surface area contributed by atoms with Gasteiger partial charge < -0.3 is 10.6 Å². The molecule has 0 aliphatic heterocycles. The topological polar surface area (TPSA) is 49.8 Å². The maximum Gasteiger partial charge on any atom is 0.128 e. The Hall–Kier alpha value is -2.10. The highest BCUT2D eigenvalue weighted by molar-refractivity contribution is 5.44. The zero-order chi connectivity index (χ0) is 11.9. The Morgan fingerprint density at radius 2 is 1.94 bits per heavy atom. The lowest BCUT2D eigenvalue weighted by Crippen LogP contribution is -2.07. The maximum absolute atomic E-state index is 4.38. The van der Waals surface area contributed by atoms with Crippen molar-refractivity contribution in [2.45, 2.75) is 6.42 Å². The largest absolute Gasteiger partial charge is 0.373 e. The Morgan fingerprint density at radius 1 is 1.06 bits per heavy atom. The van der Waals surface area contributed by atoms with Gasteiger partial charge in [0.1, 0.15) is 11.6 Å². The van der Waals surface area contributed by atoms with Crippen LogP contribution in [0.5, 0.6) is 0 Å². The summed E-state index contributed by atoms with van der Waals surface area (Å²) in [5.41, 5.74) is 1.09. The lowest BCUT2D eigenvalue weighted by atomic mass is 10.3. The predicted octanol–water partition coefficient (Wildman–Crippen LogP) is 2.17. The highest BCUT2D eigenvalue weighted by Crippen LogP contribution is 2.08. The summed E-state index contributed by atoms with van der Waals surface area (Å²) < 4.78 is 0. The molecule has 2 N–H and O–H groups in total. The van der Waals surface area contributed by atoms with E-state index in [4.69, 9.17) is 0 Å². The van der Waals surface area contributed by atoms with E-state index in [2.05, 4.69) is 20.6 Å². The van der Waals surface area contributed by atoms with Crippen LogP contribution in [0.25, 0.3) is 0 Å². The van der Waals surface area contributed by atoms with Crippen LogP contribution in [-0.4, -0.2) is 23.6 Å². The zero-order valence-corrected chi connectivity index (χ0v) is 9.85. The van der Waals surface area contributed by atoms with Crippen molar-refractivity contribution in [1.82, 2.24) is 9.97 Å². The van der Waals surface area contributed by atoms with Crippen molar-refractivity contribution in [1.29, 1.82) is 0 Å². The molecule has 0 aliphatic rings. The molecule has 4 nitrogen and oxygen atoms in total. The molecule has 2 rings (SSSR count). The minimum Gasteiger partial charge on any atom is -0.373 e. The Labute approximate surface area is 101 Å². The molecule has 4 heteroatoms. The van der Waals surface area contributed by atoms with Gasteiger partial charge >= 0.3 is 0 Å². The van der Waals surface area contributed by atoms with Gasteiger partial charge in [-0.05, 0) is 24.3 Å². The summed E-state index contributed by atoms with van der Waals surface area (Å²) in [7, 11) is 1.86. The lowest BCUT2D eigenvalue weighted by Gasteiger charge is -2.06. The molecule has 0 saturated carbocycles. The maximum atomic E-state index is 4.38. The van der Waals surface area contributed by atoms with Gasteiger partial charge in [0.2, 0.25) is 0 Å². The second-order valence-corrected chi connectivity index (χ2v) is 3.66. The minimum atomic E-state index is 0.831. The molecule has 17 heavy (non-hydrogen) atoms. The van der Waals surface area contributed by atoms with Gasteiger partial charge in [0.05, 0.1) is 0 Å². The van der Waals surface area contributed by atoms with E-state index < -0.39 is 0 Å². The molecule has 0 radical (unpaired) electrons. The van der Waals surface area contributed by atoms with E-state index in [1.807, 2.05) is 49.6 Å². The van der Waals surface area contributed by atoms with Crippen LogP contribution in [0.3, 0.4) is 0 Å². The molecule has 2 aromatic rings. The molecule has 88 valence electrons. The van der Waals surface area contributed by atoms with Crippen molar-refractivity contribution >= 4 is 11.6 Å². The monoisotopic (exact) mass is 228 g/mol. The number of hydrogen-bond acceptors (Lipinski definition) is 4. The van der Waals surface area contributed by atoms with Crippen LogP contribution in [0.1, 0.15) is 5.69 Å². The molecule has 0 spiro atoms. The van der Waals surface area contributed by atoms with E-state index in [-0.39, 0.29) is 0 Å². The first-order valence-electron chi connectivity index (χ1n) is 5.67. The van der Waals surface area contributed by atoms with E-state index in [0.29, 0.717) is 0 Å². The third kappa shape index (κ3) is 3.45. The van der Waals surface area contributed by atoms with Crippen molar-refractivity contribution in [3.63, 3.8) is 0 Å². The third-order valence-corrected chi connectivity index (χ3v) is 2.42. The summed E-state index contributed by atoms with van der Waals surface area (Å²) in [4.78, 5) is 8.65. The normalized spacial score (nSPS) is 9.94. The van der Waals surface area contributed by atoms with Crippen LogP contribution in [-0.2, 0) is 6.42 Å². The average Bonchev–Trinajstić information content (AvgIpc) is 2.40. The molecule has 0 aromatic carbocycles. The summed E-state index contributed by atoms with van der Waals surface area (Å²) in [6.07, 6.45) is 2.71. The van der Waals surface area contributed by atoms with Gasteiger partial charge in [-0.2, -0.15) is 0 Å². The number of rotatable bonds is 5. The van der Waals surface area contributed by atoms with Crippen LogP contribution in [0, 0.1) is 0 Å². The van der Waals surface area contributed by atoms with Crippen LogP contribution >= 0.6 is 0 Å². The second kappa shape index (κ2) is 5.84. The third-order valence-electron chi connectivity index (χ3n) is 2.42. The molecule has 0 unspecified atom stereocenters. The molecular weight excluding hydrogens is 212 g/mol. The molecule has 2 heterocycles. The Balaban J connectivity index is 1.86. The number of nitrogens with one attached hydrogen (secondary N) is 2. The van der Waals surface area contributed by atoms with Crippen molar-refractivity contribution in [3.8, 4) is 0 Å². The molecule has 0 saturated heterocycles. The van der Waals surface area contributed by atoms with Gasteiger partial charge in [0, 0.05) is 31.9 Å². The summed E-state index contributed by atoms with van der Waals surface area (Å²) in [5, 5.41) is 6.29. The summed E-state index contributed by atoms with van der Waals surface area (Å²) in [6, 6.07) is 11.8. The highest BCUT2D eigenvalue weighted by Gasteiger charge is 1.96. The minimum absolute atomic E-state index is 0.831. The SMILES string of the molecule is CNc1cccc(NCCc2ccccn2)n1. The Morgan fingerprint density at radius 3 is 2.71 bits per heavy atom. The number of hydrogen-bond donors (Lipinski definition) is 2. The molecule has 2 aromatic heterocycles. The van der Waals surface area contributed by atoms with E-state index in [1.165, 1.54) is 0 Å². The number of pyridine rings is 2. The summed E-state index contributed by atoms with van der Waals surface area (Å²) in [6.45, 7) is 0.831. The molecule has 0 bridgehead atoms. The first-order chi connectivity index (χ1) is 8.38. The van der Waals surface area contributed by atoms with Crippen LogP contribution in [0.15, 0.2) is 42.6 Å². The fourth-order valence-electron chi connectivity index (χ4n) is 1.54. The summed E-state index contributed by atoms with van der Waals surface area (Å²) in [5.74, 6) is 1.75. The lowest BCUT2D eigenvalue weighted by molar-refractivity contribution is 0.954. The quantitative estimate of drug-likeness (QED) is 0.823. The van der Waals surface area contributed by atoms with Crippen molar-refractivity contribution in [2.24, 2.45) is 0 Å². The van der Waals surface area contributed by atoms with E-state index in [1.54, 1.807) is 0 Å². The van der Waals surface area contributed by atoms with Gasteiger partial charge in [0.15, 0.2) is 0 Å². The molecule has 0 atom stereocenters. The van der Waals surface area contributed by atoms with Gasteiger partial charge in [-0.3, -0.25) is 4.98 Å². The summed E-state index contributed by atoms with van der Waals surface area (Å²) >= 11 is 0. The molecule has 0 aliphatic carbocycles. The second-order valence-electron chi connectivity index (χ2n) is 3.66. The fraction of sp³-hybridized carbons (Fsp3) is 0.231. The van der Waals surface area contributed by atoms with Crippen LogP contribution in [0.2, 0.25) is 0 Å². The predicted molar refractivity (Wildman–Crippen MR) is 70.2 cm³/mol. The van der Waals surface area contributed by atoms with Gasteiger partial charge in [-0.25, -0.2) is 4.98 Å². The number of nitrogens with zero attached hydrogens (tertiary/aromatic N) is 2. The van der Waals surface area contributed by atoms with Crippen LogP contribution < -0.4 is 10.6 Å². The van der Waals surface area contributed by atoms with Crippen molar-refractivity contribution in [2.75, 3.05) is 24.2 Å². The van der Waals surface area contributed by atoms with E-state index in [0.717, 1.165) is 30.3 Å². The van der Waals surface area contributed by atoms with Gasteiger partial charge in [-0.15, -0.1) is 0 Å². The van der Waals surface area contributed by atoms with Crippen molar-refractivity contribution < 1.29 is 0 Å². The fourth-order valence-corrected chi connectivity index (χ4v) is 1.54. The zero-order valence-electron chi connectivity index (χ0n) is 9.85. The van der Waals surface area contributed by atoms with E-state index in [9.17, 15) is 0 Å². The first kappa shape index (κ1) is 11.4. The Kier molecular flexibility index (Phi) is 3.91. The van der Waals surface area contributed by atoms with Crippen LogP contribution in [0.4, 0.5) is 11.6 Å². The molecule has 0 fully saturated rings. The smallest absolute Gasteiger partial charge is 0.128 e. The van der Waals surface area contributed by atoms with Crippen molar-refractivity contribution in [3.05, 3.63) is 48.3 Å².